The van der Waals surface area contributed by atoms with Gasteiger partial charge < -0.3 is 19.9 Å². The van der Waals surface area contributed by atoms with Crippen LogP contribution in [-0.2, 0) is 10.2 Å². The number of hydrogen-bond acceptors (Lipinski definition) is 4. The number of fused-ring (bicyclic) bond motifs is 1. The fourth-order valence-electron chi connectivity index (χ4n) is 2.89. The summed E-state index contributed by atoms with van der Waals surface area (Å²) in [6.45, 7) is 4.23. The van der Waals surface area contributed by atoms with Gasteiger partial charge in [-0.05, 0) is 17.7 Å². The number of aliphatic carboxylic acids is 1. The lowest BCUT2D eigenvalue weighted by Crippen LogP contribution is -2.36. The van der Waals surface area contributed by atoms with Gasteiger partial charge in [0.15, 0.2) is 11.5 Å². The highest BCUT2D eigenvalue weighted by molar-refractivity contribution is 5.73. The van der Waals surface area contributed by atoms with Crippen LogP contribution in [0.2, 0.25) is 0 Å². The van der Waals surface area contributed by atoms with Gasteiger partial charge in [0.05, 0.1) is 5.92 Å². The van der Waals surface area contributed by atoms with Crippen molar-refractivity contribution in [2.45, 2.75) is 12.3 Å². The van der Waals surface area contributed by atoms with Gasteiger partial charge in [0.25, 0.3) is 0 Å². The van der Waals surface area contributed by atoms with Crippen LogP contribution in [-0.4, -0.2) is 37.4 Å². The van der Waals surface area contributed by atoms with Crippen molar-refractivity contribution in [3.63, 3.8) is 0 Å². The number of carboxylic acid groups (broad SMARTS) is 1. The van der Waals surface area contributed by atoms with Crippen molar-refractivity contribution < 1.29 is 19.4 Å². The first kappa shape index (κ1) is 12.3. The zero-order chi connectivity index (χ0) is 13.5. The van der Waals surface area contributed by atoms with Gasteiger partial charge in [0, 0.05) is 18.5 Å². The van der Waals surface area contributed by atoms with Crippen molar-refractivity contribution in [3.8, 4) is 11.5 Å². The van der Waals surface area contributed by atoms with Crippen LogP contribution < -0.4 is 14.8 Å². The monoisotopic (exact) mass is 263 g/mol. The Morgan fingerprint density at radius 1 is 1.37 bits per heavy atom. The number of carboxylic acids is 1. The quantitative estimate of drug-likeness (QED) is 0.834. The molecule has 19 heavy (non-hydrogen) atoms. The minimum absolute atomic E-state index is 0.415. The summed E-state index contributed by atoms with van der Waals surface area (Å²) < 4.78 is 11.1. The lowest BCUT2D eigenvalue weighted by Gasteiger charge is -2.30. The molecule has 2 N–H and O–H groups in total. The lowest BCUT2D eigenvalue weighted by atomic mass is 9.74. The Balaban J connectivity index is 1.99. The van der Waals surface area contributed by atoms with Crippen LogP contribution in [0.1, 0.15) is 12.5 Å². The molecule has 2 aliphatic heterocycles. The van der Waals surface area contributed by atoms with Gasteiger partial charge in [-0.1, -0.05) is 13.0 Å². The molecule has 0 bridgehead atoms. The summed E-state index contributed by atoms with van der Waals surface area (Å²) in [5.41, 5.74) is 0.566. The van der Waals surface area contributed by atoms with E-state index in [1.807, 2.05) is 25.1 Å². The third-order valence-corrected chi connectivity index (χ3v) is 4.11. The molecule has 0 aromatic heterocycles. The van der Waals surface area contributed by atoms with Gasteiger partial charge in [0.1, 0.15) is 13.2 Å². The Bertz CT molecular complexity index is 516. The second-order valence-corrected chi connectivity index (χ2v) is 5.30. The van der Waals surface area contributed by atoms with Crippen LogP contribution in [0.15, 0.2) is 18.2 Å². The van der Waals surface area contributed by atoms with Crippen LogP contribution in [0.4, 0.5) is 0 Å². The van der Waals surface area contributed by atoms with E-state index >= 15 is 0 Å². The second-order valence-electron chi connectivity index (χ2n) is 5.30. The molecule has 5 heteroatoms. The number of carbonyl (C=O) groups is 1. The molecule has 2 unspecified atom stereocenters. The molecule has 1 fully saturated rings. The summed E-state index contributed by atoms with van der Waals surface area (Å²) in [4.78, 5) is 11.4. The normalized spacial score (nSPS) is 29.2. The number of ether oxygens (including phenoxy) is 2. The van der Waals surface area contributed by atoms with E-state index in [4.69, 9.17) is 9.47 Å². The molecule has 2 atom stereocenters. The summed E-state index contributed by atoms with van der Waals surface area (Å²) in [6.07, 6.45) is 0. The molecule has 1 saturated heterocycles. The third kappa shape index (κ3) is 1.94. The average Bonchev–Trinajstić information content (AvgIpc) is 2.82. The van der Waals surface area contributed by atoms with E-state index in [0.717, 1.165) is 11.3 Å². The van der Waals surface area contributed by atoms with Crippen molar-refractivity contribution >= 4 is 5.97 Å². The van der Waals surface area contributed by atoms with E-state index in [2.05, 4.69) is 5.32 Å². The van der Waals surface area contributed by atoms with Crippen molar-refractivity contribution in [2.75, 3.05) is 26.3 Å². The van der Waals surface area contributed by atoms with Gasteiger partial charge >= 0.3 is 5.97 Å². The number of nitrogens with one attached hydrogen (secondary N) is 1. The summed E-state index contributed by atoms with van der Waals surface area (Å²) in [5, 5.41) is 12.5. The predicted molar refractivity (Wildman–Crippen MR) is 68.8 cm³/mol. The number of benzene rings is 1. The Morgan fingerprint density at radius 2 is 2.11 bits per heavy atom. The Kier molecular flexibility index (Phi) is 2.86. The smallest absolute Gasteiger partial charge is 0.308 e. The first-order valence-electron chi connectivity index (χ1n) is 6.45. The maximum Gasteiger partial charge on any atom is 0.308 e. The predicted octanol–water partition coefficient (Wildman–Crippen LogP) is 1.02. The third-order valence-electron chi connectivity index (χ3n) is 4.11. The van der Waals surface area contributed by atoms with Gasteiger partial charge in [-0.15, -0.1) is 0 Å². The molecule has 0 saturated carbocycles. The Labute approximate surface area is 111 Å². The first-order valence-corrected chi connectivity index (χ1v) is 6.45. The Hall–Kier alpha value is -1.75. The highest BCUT2D eigenvalue weighted by Crippen LogP contribution is 2.40. The van der Waals surface area contributed by atoms with E-state index in [1.165, 1.54) is 0 Å². The van der Waals surface area contributed by atoms with Crippen LogP contribution in [0.5, 0.6) is 11.5 Å². The fourth-order valence-corrected chi connectivity index (χ4v) is 2.89. The molecule has 0 aliphatic carbocycles. The summed E-state index contributed by atoms with van der Waals surface area (Å²) >= 11 is 0. The van der Waals surface area contributed by atoms with Crippen LogP contribution in [0, 0.1) is 5.92 Å². The molecule has 1 aromatic carbocycles. The maximum absolute atomic E-state index is 11.4. The molecule has 0 radical (unpaired) electrons. The number of rotatable bonds is 2. The zero-order valence-electron chi connectivity index (χ0n) is 10.8. The molecule has 0 spiro atoms. The summed E-state index contributed by atoms with van der Waals surface area (Å²) in [5.74, 6) is 0.259. The van der Waals surface area contributed by atoms with Crippen LogP contribution in [0.3, 0.4) is 0 Å². The molecular weight excluding hydrogens is 246 g/mol. The lowest BCUT2D eigenvalue weighted by molar-refractivity contribution is -0.142. The van der Waals surface area contributed by atoms with Crippen LogP contribution >= 0.6 is 0 Å². The van der Waals surface area contributed by atoms with Gasteiger partial charge in [-0.3, -0.25) is 4.79 Å². The second kappa shape index (κ2) is 4.42. The van der Waals surface area contributed by atoms with Crippen molar-refractivity contribution in [3.05, 3.63) is 23.8 Å². The minimum atomic E-state index is -0.762. The molecule has 1 aromatic rings. The highest BCUT2D eigenvalue weighted by Gasteiger charge is 2.44. The van der Waals surface area contributed by atoms with Crippen LogP contribution in [0.25, 0.3) is 0 Å². The Morgan fingerprint density at radius 3 is 2.84 bits per heavy atom. The molecule has 0 amide bonds. The standard InChI is InChI=1S/C14H17NO4/c1-14(8-15-7-10(14)13(16)17)9-2-3-11-12(6-9)19-5-4-18-11/h2-3,6,10,15H,4-5,7-8H2,1H3,(H,16,17). The average molecular weight is 263 g/mol. The largest absolute Gasteiger partial charge is 0.486 e. The maximum atomic E-state index is 11.4. The van der Waals surface area contributed by atoms with Gasteiger partial charge in [0.2, 0.25) is 0 Å². The molecule has 2 aliphatic rings. The van der Waals surface area contributed by atoms with E-state index < -0.39 is 17.3 Å². The topological polar surface area (TPSA) is 67.8 Å². The minimum Gasteiger partial charge on any atom is -0.486 e. The van der Waals surface area contributed by atoms with E-state index in [-0.39, 0.29) is 0 Å². The summed E-state index contributed by atoms with van der Waals surface area (Å²) in [6, 6.07) is 5.72. The van der Waals surface area contributed by atoms with E-state index in [0.29, 0.717) is 32.1 Å². The zero-order valence-corrected chi connectivity index (χ0v) is 10.8. The van der Waals surface area contributed by atoms with E-state index in [9.17, 15) is 9.90 Å². The highest BCUT2D eigenvalue weighted by atomic mass is 16.6. The van der Waals surface area contributed by atoms with Crippen molar-refractivity contribution in [1.82, 2.24) is 5.32 Å². The van der Waals surface area contributed by atoms with E-state index in [1.54, 1.807) is 0 Å². The first-order chi connectivity index (χ1) is 9.11. The molecule has 3 rings (SSSR count). The van der Waals surface area contributed by atoms with Crippen molar-refractivity contribution in [1.29, 1.82) is 0 Å². The SMILES string of the molecule is CC1(c2ccc3c(c2)OCCO3)CNCC1C(=O)O. The molecule has 102 valence electrons. The molecule has 5 nitrogen and oxygen atoms in total. The van der Waals surface area contributed by atoms with Gasteiger partial charge in [-0.25, -0.2) is 0 Å². The molecule has 2 heterocycles. The summed E-state index contributed by atoms with van der Waals surface area (Å²) in [7, 11) is 0. The molecular formula is C14H17NO4. The number of hydrogen-bond donors (Lipinski definition) is 2. The van der Waals surface area contributed by atoms with Crippen molar-refractivity contribution in [2.24, 2.45) is 5.92 Å². The van der Waals surface area contributed by atoms with Gasteiger partial charge in [-0.2, -0.15) is 0 Å². The fraction of sp³-hybridized carbons (Fsp3) is 0.500.